The van der Waals surface area contributed by atoms with Crippen molar-refractivity contribution in [1.29, 1.82) is 0 Å². The lowest BCUT2D eigenvalue weighted by molar-refractivity contribution is 0.674. The summed E-state index contributed by atoms with van der Waals surface area (Å²) in [5.74, 6) is 0. The fraction of sp³-hybridized carbons (Fsp3) is 0. The molecule has 0 atom stereocenters. The maximum atomic E-state index is 7.02. The molecule has 0 aliphatic heterocycles. The van der Waals surface area contributed by atoms with E-state index in [4.69, 9.17) is 4.42 Å². The molecule has 0 saturated heterocycles. The zero-order valence-corrected chi connectivity index (χ0v) is 25.4. The van der Waals surface area contributed by atoms with E-state index in [0.717, 1.165) is 38.5 Å². The Kier molecular flexibility index (Phi) is 4.90. The van der Waals surface area contributed by atoms with Gasteiger partial charge in [-0.1, -0.05) is 140 Å². The van der Waals surface area contributed by atoms with Gasteiger partial charge >= 0.3 is 0 Å². The Bertz CT molecular complexity index is 3050. The van der Waals surface area contributed by atoms with Crippen LogP contribution < -0.4 is 0 Å². The van der Waals surface area contributed by atoms with Crippen LogP contribution in [0.1, 0.15) is 0 Å². The first-order valence-corrected chi connectivity index (χ1v) is 16.3. The molecular weight excluding hydrogens is 569 g/mol. The van der Waals surface area contributed by atoms with Crippen LogP contribution in [0.2, 0.25) is 0 Å². The van der Waals surface area contributed by atoms with E-state index in [2.05, 4.69) is 158 Å². The van der Waals surface area contributed by atoms with Crippen molar-refractivity contribution in [2.45, 2.75) is 0 Å². The highest BCUT2D eigenvalue weighted by atomic mass is 16.3. The van der Waals surface area contributed by atoms with Crippen LogP contribution in [0.3, 0.4) is 0 Å². The first kappa shape index (κ1) is 25.1. The van der Waals surface area contributed by atoms with E-state index in [1.165, 1.54) is 70.4 Å². The molecule has 1 nitrogen and oxygen atoms in total. The van der Waals surface area contributed by atoms with Crippen molar-refractivity contribution in [2.24, 2.45) is 0 Å². The molecule has 0 amide bonds. The van der Waals surface area contributed by atoms with Gasteiger partial charge < -0.3 is 4.42 Å². The van der Waals surface area contributed by atoms with Gasteiger partial charge in [0.25, 0.3) is 0 Å². The zero-order chi connectivity index (χ0) is 30.6. The Morgan fingerprint density at radius 3 is 1.70 bits per heavy atom. The summed E-state index contributed by atoms with van der Waals surface area (Å²) in [5, 5.41) is 17.4. The maximum absolute atomic E-state index is 7.02. The monoisotopic (exact) mass is 594 g/mol. The molecule has 11 rings (SSSR count). The summed E-state index contributed by atoms with van der Waals surface area (Å²) in [7, 11) is 0. The molecule has 0 bridgehead atoms. The second-order valence-electron chi connectivity index (χ2n) is 12.8. The molecular formula is C46H26O. The maximum Gasteiger partial charge on any atom is 0.143 e. The lowest BCUT2D eigenvalue weighted by atomic mass is 9.87. The van der Waals surface area contributed by atoms with E-state index in [9.17, 15) is 0 Å². The van der Waals surface area contributed by atoms with Crippen LogP contribution in [0, 0.1) is 0 Å². The van der Waals surface area contributed by atoms with E-state index in [1.807, 2.05) is 0 Å². The molecule has 216 valence electrons. The number of fused-ring (bicyclic) bond motifs is 8. The standard InChI is InChI=1S/C46H26O/c1-3-10-34-27(6-1)12-15-32-26-33(19-20-35(32)34)37-24-25-40(44-41-23-16-28-7-2-4-11-36(28)45(41)47-46(37)44)38-21-17-31-14-13-29-8-5-9-30-18-22-39(38)43(31)42(29)30/h1-26H. The summed E-state index contributed by atoms with van der Waals surface area (Å²) in [6.45, 7) is 0. The summed E-state index contributed by atoms with van der Waals surface area (Å²) in [4.78, 5) is 0. The summed E-state index contributed by atoms with van der Waals surface area (Å²) in [5.41, 5.74) is 6.56. The predicted octanol–water partition coefficient (Wildman–Crippen LogP) is 13.3. The average molecular weight is 595 g/mol. The van der Waals surface area contributed by atoms with Crippen LogP contribution in [0.25, 0.3) is 109 Å². The summed E-state index contributed by atoms with van der Waals surface area (Å²) >= 11 is 0. The lowest BCUT2D eigenvalue weighted by Gasteiger charge is -2.15. The number of rotatable bonds is 2. The molecule has 0 unspecified atom stereocenters. The number of hydrogen-bond donors (Lipinski definition) is 0. The molecule has 0 aliphatic rings. The first-order chi connectivity index (χ1) is 23.3. The van der Waals surface area contributed by atoms with Crippen molar-refractivity contribution in [2.75, 3.05) is 0 Å². The molecule has 1 heterocycles. The summed E-state index contributed by atoms with van der Waals surface area (Å²) in [6.07, 6.45) is 0. The van der Waals surface area contributed by atoms with Crippen LogP contribution in [-0.4, -0.2) is 0 Å². The van der Waals surface area contributed by atoms with Crippen molar-refractivity contribution >= 4 is 86.6 Å². The van der Waals surface area contributed by atoms with Gasteiger partial charge in [0, 0.05) is 21.7 Å². The smallest absolute Gasteiger partial charge is 0.143 e. The second kappa shape index (κ2) is 9.19. The van der Waals surface area contributed by atoms with Crippen molar-refractivity contribution in [3.05, 3.63) is 158 Å². The van der Waals surface area contributed by atoms with Gasteiger partial charge in [-0.2, -0.15) is 0 Å². The third-order valence-corrected chi connectivity index (χ3v) is 10.4. The summed E-state index contributed by atoms with van der Waals surface area (Å²) in [6, 6.07) is 57.8. The van der Waals surface area contributed by atoms with Crippen LogP contribution in [0.15, 0.2) is 162 Å². The van der Waals surface area contributed by atoms with E-state index in [-0.39, 0.29) is 0 Å². The van der Waals surface area contributed by atoms with Gasteiger partial charge in [-0.25, -0.2) is 0 Å². The molecule has 0 aliphatic carbocycles. The minimum absolute atomic E-state index is 0.930. The fourth-order valence-electron chi connectivity index (χ4n) is 8.21. The highest BCUT2D eigenvalue weighted by Crippen LogP contribution is 2.47. The topological polar surface area (TPSA) is 13.1 Å². The third kappa shape index (κ3) is 3.43. The highest BCUT2D eigenvalue weighted by Gasteiger charge is 2.21. The van der Waals surface area contributed by atoms with Crippen LogP contribution >= 0.6 is 0 Å². The van der Waals surface area contributed by atoms with Crippen LogP contribution in [-0.2, 0) is 0 Å². The average Bonchev–Trinajstić information content (AvgIpc) is 3.54. The molecule has 1 aromatic heterocycles. The number of benzene rings is 10. The quantitative estimate of drug-likeness (QED) is 0.182. The molecule has 47 heavy (non-hydrogen) atoms. The van der Waals surface area contributed by atoms with Crippen molar-refractivity contribution in [1.82, 2.24) is 0 Å². The first-order valence-electron chi connectivity index (χ1n) is 16.3. The third-order valence-electron chi connectivity index (χ3n) is 10.4. The molecule has 0 radical (unpaired) electrons. The van der Waals surface area contributed by atoms with Gasteiger partial charge in [-0.15, -0.1) is 0 Å². The number of hydrogen-bond acceptors (Lipinski definition) is 1. The Morgan fingerprint density at radius 2 is 0.830 bits per heavy atom. The SMILES string of the molecule is c1ccc2c(c1)ccc1cc(-c3ccc(-c4ccc5ccc6cccc7ccc4c5c67)c4c3oc3c5ccccc5ccc34)ccc12. The molecule has 1 heteroatoms. The Balaban J connectivity index is 1.24. The molecule has 0 fully saturated rings. The largest absolute Gasteiger partial charge is 0.455 e. The van der Waals surface area contributed by atoms with Gasteiger partial charge in [-0.3, -0.25) is 0 Å². The van der Waals surface area contributed by atoms with Crippen molar-refractivity contribution in [3.63, 3.8) is 0 Å². The molecule has 0 saturated carbocycles. The van der Waals surface area contributed by atoms with Crippen LogP contribution in [0.5, 0.6) is 0 Å². The van der Waals surface area contributed by atoms with Gasteiger partial charge in [0.15, 0.2) is 0 Å². The minimum atomic E-state index is 0.930. The van der Waals surface area contributed by atoms with Gasteiger partial charge in [0.05, 0.1) is 0 Å². The van der Waals surface area contributed by atoms with Gasteiger partial charge in [-0.05, 0) is 94.1 Å². The van der Waals surface area contributed by atoms with Crippen LogP contribution in [0.4, 0.5) is 0 Å². The van der Waals surface area contributed by atoms with Crippen molar-refractivity contribution < 1.29 is 4.42 Å². The van der Waals surface area contributed by atoms with E-state index >= 15 is 0 Å². The molecule has 0 N–H and O–H groups in total. The fourth-order valence-corrected chi connectivity index (χ4v) is 8.21. The highest BCUT2D eigenvalue weighted by molar-refractivity contribution is 6.28. The van der Waals surface area contributed by atoms with Crippen molar-refractivity contribution in [3.8, 4) is 22.3 Å². The Morgan fingerprint density at radius 1 is 0.277 bits per heavy atom. The lowest BCUT2D eigenvalue weighted by Crippen LogP contribution is -1.89. The molecule has 0 spiro atoms. The number of furan rings is 1. The second-order valence-corrected chi connectivity index (χ2v) is 12.8. The Hall–Kier alpha value is -6.18. The molecule has 11 aromatic rings. The van der Waals surface area contributed by atoms with E-state index in [0.29, 0.717) is 0 Å². The summed E-state index contributed by atoms with van der Waals surface area (Å²) < 4.78 is 7.02. The minimum Gasteiger partial charge on any atom is -0.455 e. The molecule has 10 aromatic carbocycles. The Labute approximate surface area is 270 Å². The van der Waals surface area contributed by atoms with E-state index in [1.54, 1.807) is 0 Å². The predicted molar refractivity (Wildman–Crippen MR) is 201 cm³/mol. The van der Waals surface area contributed by atoms with Gasteiger partial charge in [0.1, 0.15) is 11.2 Å². The zero-order valence-electron chi connectivity index (χ0n) is 25.4. The van der Waals surface area contributed by atoms with E-state index < -0.39 is 0 Å². The van der Waals surface area contributed by atoms with Gasteiger partial charge in [0.2, 0.25) is 0 Å². The normalized spacial score (nSPS) is 12.3.